The fraction of sp³-hybridized carbons (Fsp3) is 0.355. The number of benzene rings is 3. The Bertz CT molecular complexity index is 1070. The van der Waals surface area contributed by atoms with E-state index in [2.05, 4.69) is 17.8 Å². The maximum absolute atomic E-state index is 12.4. The lowest BCUT2D eigenvalue weighted by molar-refractivity contribution is 0.0846. The van der Waals surface area contributed by atoms with Gasteiger partial charge in [-0.2, -0.15) is 0 Å². The van der Waals surface area contributed by atoms with Gasteiger partial charge in [-0.05, 0) is 60.5 Å². The molecule has 0 fully saturated rings. The van der Waals surface area contributed by atoms with E-state index in [1.165, 1.54) is 44.9 Å². The number of nitrogens with one attached hydrogen (secondary N) is 2. The van der Waals surface area contributed by atoms with Crippen LogP contribution >= 0.6 is 0 Å². The minimum atomic E-state index is -0.409. The van der Waals surface area contributed by atoms with E-state index >= 15 is 0 Å². The zero-order valence-electron chi connectivity index (χ0n) is 21.7. The van der Waals surface area contributed by atoms with Crippen LogP contribution in [0.15, 0.2) is 78.9 Å². The molecule has 196 valence electrons. The molecule has 37 heavy (non-hydrogen) atoms. The van der Waals surface area contributed by atoms with Crippen LogP contribution in [-0.4, -0.2) is 18.4 Å². The topological polar surface area (TPSA) is 76.7 Å². The van der Waals surface area contributed by atoms with Crippen molar-refractivity contribution >= 4 is 11.8 Å². The van der Waals surface area contributed by atoms with E-state index < -0.39 is 11.8 Å². The Hall–Kier alpha value is -3.80. The fourth-order valence-corrected chi connectivity index (χ4v) is 3.83. The summed E-state index contributed by atoms with van der Waals surface area (Å²) in [6.45, 7) is 3.36. The van der Waals surface area contributed by atoms with Crippen molar-refractivity contribution in [1.82, 2.24) is 10.9 Å². The van der Waals surface area contributed by atoms with Crippen LogP contribution in [0, 0.1) is 0 Å². The molecule has 3 rings (SSSR count). The van der Waals surface area contributed by atoms with E-state index in [-0.39, 0.29) is 0 Å². The van der Waals surface area contributed by atoms with Gasteiger partial charge in [-0.15, -0.1) is 0 Å². The Kier molecular flexibility index (Phi) is 12.0. The standard InChI is InChI=1S/C31H38N2O4/c1-2-3-4-5-6-7-8-12-23-36-28-19-15-26(16-20-28)30(34)32-33-31(35)27-17-21-29(22-18-27)37-24-25-13-10-9-11-14-25/h9-11,13-22H,2-8,12,23-24H2,1H3,(H,32,34)(H,33,35). The lowest BCUT2D eigenvalue weighted by atomic mass is 10.1. The minimum absolute atomic E-state index is 0.397. The molecule has 0 radical (unpaired) electrons. The molecule has 0 saturated heterocycles. The van der Waals surface area contributed by atoms with E-state index in [0.717, 1.165) is 17.7 Å². The van der Waals surface area contributed by atoms with Gasteiger partial charge in [0.2, 0.25) is 0 Å². The largest absolute Gasteiger partial charge is 0.494 e. The molecule has 0 heterocycles. The molecule has 0 aliphatic heterocycles. The van der Waals surface area contributed by atoms with Gasteiger partial charge in [0.15, 0.2) is 0 Å². The van der Waals surface area contributed by atoms with Crippen LogP contribution in [-0.2, 0) is 6.61 Å². The van der Waals surface area contributed by atoms with Crippen molar-refractivity contribution in [3.05, 3.63) is 95.6 Å². The summed E-state index contributed by atoms with van der Waals surface area (Å²) in [5.41, 5.74) is 6.81. The molecule has 0 aliphatic carbocycles. The second-order valence-corrected chi connectivity index (χ2v) is 9.05. The number of ether oxygens (including phenoxy) is 2. The molecular weight excluding hydrogens is 464 g/mol. The van der Waals surface area contributed by atoms with Gasteiger partial charge in [0, 0.05) is 11.1 Å². The Morgan fingerprint density at radius 3 is 1.62 bits per heavy atom. The van der Waals surface area contributed by atoms with Crippen LogP contribution in [0.4, 0.5) is 0 Å². The molecule has 6 heteroatoms. The van der Waals surface area contributed by atoms with Gasteiger partial charge in [-0.25, -0.2) is 0 Å². The quantitative estimate of drug-likeness (QED) is 0.176. The van der Waals surface area contributed by atoms with Crippen molar-refractivity contribution in [1.29, 1.82) is 0 Å². The highest BCUT2D eigenvalue weighted by Gasteiger charge is 2.10. The first-order chi connectivity index (χ1) is 18.2. The predicted molar refractivity (Wildman–Crippen MR) is 147 cm³/mol. The van der Waals surface area contributed by atoms with Crippen LogP contribution < -0.4 is 20.3 Å². The smallest absolute Gasteiger partial charge is 0.269 e. The summed E-state index contributed by atoms with van der Waals surface area (Å²) in [6, 6.07) is 23.5. The SMILES string of the molecule is CCCCCCCCCCOc1ccc(C(=O)NNC(=O)c2ccc(OCc3ccccc3)cc2)cc1. The third-order valence-corrected chi connectivity index (χ3v) is 6.04. The summed E-state index contributed by atoms with van der Waals surface area (Å²) in [6.07, 6.45) is 10.0. The van der Waals surface area contributed by atoms with E-state index in [9.17, 15) is 9.59 Å². The van der Waals surface area contributed by atoms with Gasteiger partial charge in [0.05, 0.1) is 6.61 Å². The predicted octanol–water partition coefficient (Wildman–Crippen LogP) is 6.86. The molecule has 0 unspecified atom stereocenters. The summed E-state index contributed by atoms with van der Waals surface area (Å²) in [5.74, 6) is 0.589. The van der Waals surface area contributed by atoms with Crippen molar-refractivity contribution in [3.8, 4) is 11.5 Å². The molecule has 0 saturated carbocycles. The number of hydrogen-bond donors (Lipinski definition) is 2. The van der Waals surface area contributed by atoms with Gasteiger partial charge in [0.1, 0.15) is 18.1 Å². The van der Waals surface area contributed by atoms with Crippen LogP contribution in [0.5, 0.6) is 11.5 Å². The summed E-state index contributed by atoms with van der Waals surface area (Å²) in [7, 11) is 0. The van der Waals surface area contributed by atoms with Crippen molar-refractivity contribution in [2.75, 3.05) is 6.61 Å². The summed E-state index contributed by atoms with van der Waals surface area (Å²) in [5, 5.41) is 0. The number of unbranched alkanes of at least 4 members (excludes halogenated alkanes) is 7. The van der Waals surface area contributed by atoms with Crippen LogP contribution in [0.3, 0.4) is 0 Å². The zero-order chi connectivity index (χ0) is 26.1. The lowest BCUT2D eigenvalue weighted by Crippen LogP contribution is -2.41. The maximum Gasteiger partial charge on any atom is 0.269 e. The van der Waals surface area contributed by atoms with Gasteiger partial charge in [0.25, 0.3) is 11.8 Å². The molecule has 0 atom stereocenters. The van der Waals surface area contributed by atoms with E-state index in [0.29, 0.717) is 30.1 Å². The average molecular weight is 503 g/mol. The minimum Gasteiger partial charge on any atom is -0.494 e. The zero-order valence-corrected chi connectivity index (χ0v) is 21.7. The first-order valence-corrected chi connectivity index (χ1v) is 13.3. The highest BCUT2D eigenvalue weighted by Crippen LogP contribution is 2.15. The number of carbonyl (C=O) groups excluding carboxylic acids is 2. The molecule has 2 N–H and O–H groups in total. The normalized spacial score (nSPS) is 10.5. The molecule has 0 bridgehead atoms. The van der Waals surface area contributed by atoms with Gasteiger partial charge >= 0.3 is 0 Å². The number of amides is 2. The third-order valence-electron chi connectivity index (χ3n) is 6.04. The highest BCUT2D eigenvalue weighted by atomic mass is 16.5. The fourth-order valence-electron chi connectivity index (χ4n) is 3.83. The van der Waals surface area contributed by atoms with Crippen molar-refractivity contribution in [2.45, 2.75) is 64.9 Å². The van der Waals surface area contributed by atoms with Crippen molar-refractivity contribution in [2.24, 2.45) is 0 Å². The molecule has 0 aliphatic rings. The number of hydrazine groups is 1. The number of carbonyl (C=O) groups is 2. The van der Waals surface area contributed by atoms with E-state index in [4.69, 9.17) is 9.47 Å². The Balaban J connectivity index is 1.33. The molecule has 3 aromatic rings. The van der Waals surface area contributed by atoms with E-state index in [1.807, 2.05) is 30.3 Å². The summed E-state index contributed by atoms with van der Waals surface area (Å²) >= 11 is 0. The average Bonchev–Trinajstić information content (AvgIpc) is 2.95. The molecule has 0 spiro atoms. The lowest BCUT2D eigenvalue weighted by Gasteiger charge is -2.10. The first-order valence-electron chi connectivity index (χ1n) is 13.3. The Morgan fingerprint density at radius 2 is 1.08 bits per heavy atom. The maximum atomic E-state index is 12.4. The summed E-state index contributed by atoms with van der Waals surface area (Å²) in [4.78, 5) is 24.8. The third kappa shape index (κ3) is 10.4. The van der Waals surface area contributed by atoms with E-state index in [1.54, 1.807) is 48.5 Å². The number of hydrogen-bond acceptors (Lipinski definition) is 4. The summed E-state index contributed by atoms with van der Waals surface area (Å²) < 4.78 is 11.5. The van der Waals surface area contributed by atoms with Crippen LogP contribution in [0.25, 0.3) is 0 Å². The molecular formula is C31H38N2O4. The van der Waals surface area contributed by atoms with Crippen molar-refractivity contribution < 1.29 is 19.1 Å². The number of rotatable bonds is 15. The van der Waals surface area contributed by atoms with Crippen LogP contribution in [0.1, 0.15) is 84.6 Å². The Labute approximate surface area is 220 Å². The highest BCUT2D eigenvalue weighted by molar-refractivity contribution is 5.99. The monoisotopic (exact) mass is 502 g/mol. The van der Waals surface area contributed by atoms with Gasteiger partial charge in [-0.1, -0.05) is 82.2 Å². The van der Waals surface area contributed by atoms with Gasteiger partial charge in [-0.3, -0.25) is 20.4 Å². The molecule has 2 amide bonds. The molecule has 0 aromatic heterocycles. The molecule has 6 nitrogen and oxygen atoms in total. The van der Waals surface area contributed by atoms with Crippen molar-refractivity contribution in [3.63, 3.8) is 0 Å². The molecule has 3 aromatic carbocycles. The van der Waals surface area contributed by atoms with Gasteiger partial charge < -0.3 is 9.47 Å². The first kappa shape index (κ1) is 27.8. The second-order valence-electron chi connectivity index (χ2n) is 9.05. The second kappa shape index (κ2) is 16.0. The Morgan fingerprint density at radius 1 is 0.595 bits per heavy atom. The van der Waals surface area contributed by atoms with Crippen LogP contribution in [0.2, 0.25) is 0 Å².